The molecule has 3 rings (SSSR count). The van der Waals surface area contributed by atoms with Gasteiger partial charge in [-0.3, -0.25) is 4.79 Å². The van der Waals surface area contributed by atoms with E-state index in [-0.39, 0.29) is 12.5 Å². The highest BCUT2D eigenvalue weighted by atomic mass is 16.3. The smallest absolute Gasteiger partial charge is 0.253 e. The SMILES string of the molecule is CN(C(=O)c1ccc2[nH]c(CO)nc2c1)C1CCCCC1. The van der Waals surface area contributed by atoms with E-state index in [2.05, 4.69) is 9.97 Å². The molecule has 0 unspecified atom stereocenters. The standard InChI is InChI=1S/C16H21N3O2/c1-19(12-5-3-2-4-6-12)16(21)11-7-8-13-14(9-11)18-15(10-20)17-13/h7-9,12,20H,2-6,10H2,1H3,(H,17,18). The van der Waals surface area contributed by atoms with Gasteiger partial charge in [0.05, 0.1) is 11.0 Å². The number of aromatic nitrogens is 2. The molecule has 21 heavy (non-hydrogen) atoms. The number of nitrogens with one attached hydrogen (secondary N) is 1. The lowest BCUT2D eigenvalue weighted by Crippen LogP contribution is -2.38. The van der Waals surface area contributed by atoms with Crippen LogP contribution in [0.5, 0.6) is 0 Å². The lowest BCUT2D eigenvalue weighted by atomic mass is 9.94. The van der Waals surface area contributed by atoms with Crippen LogP contribution in [0.1, 0.15) is 48.3 Å². The molecule has 0 atom stereocenters. The van der Waals surface area contributed by atoms with Gasteiger partial charge < -0.3 is 15.0 Å². The Morgan fingerprint density at radius 1 is 1.38 bits per heavy atom. The van der Waals surface area contributed by atoms with E-state index < -0.39 is 0 Å². The number of rotatable bonds is 3. The van der Waals surface area contributed by atoms with Crippen molar-refractivity contribution in [2.24, 2.45) is 0 Å². The number of benzene rings is 1. The van der Waals surface area contributed by atoms with Crippen LogP contribution in [0.3, 0.4) is 0 Å². The van der Waals surface area contributed by atoms with Gasteiger partial charge in [0.1, 0.15) is 12.4 Å². The first-order valence-corrected chi connectivity index (χ1v) is 7.55. The van der Waals surface area contributed by atoms with Crippen molar-refractivity contribution in [3.8, 4) is 0 Å². The number of H-pyrrole nitrogens is 1. The number of aromatic amines is 1. The number of fused-ring (bicyclic) bond motifs is 1. The maximum absolute atomic E-state index is 12.6. The van der Waals surface area contributed by atoms with Crippen molar-refractivity contribution in [1.29, 1.82) is 0 Å². The van der Waals surface area contributed by atoms with Crippen LogP contribution in [0, 0.1) is 0 Å². The summed E-state index contributed by atoms with van der Waals surface area (Å²) < 4.78 is 0. The fourth-order valence-corrected chi connectivity index (χ4v) is 3.10. The van der Waals surface area contributed by atoms with Crippen LogP contribution in [0.25, 0.3) is 11.0 Å². The monoisotopic (exact) mass is 287 g/mol. The van der Waals surface area contributed by atoms with Crippen LogP contribution in [0.2, 0.25) is 0 Å². The third-order valence-electron chi connectivity index (χ3n) is 4.37. The number of imidazole rings is 1. The third-order valence-corrected chi connectivity index (χ3v) is 4.37. The van der Waals surface area contributed by atoms with Crippen LogP contribution in [0.15, 0.2) is 18.2 Å². The molecule has 1 fully saturated rings. The lowest BCUT2D eigenvalue weighted by Gasteiger charge is -2.31. The summed E-state index contributed by atoms with van der Waals surface area (Å²) in [5.74, 6) is 0.576. The van der Waals surface area contributed by atoms with Gasteiger partial charge in [-0.15, -0.1) is 0 Å². The average molecular weight is 287 g/mol. The topological polar surface area (TPSA) is 69.2 Å². The molecular formula is C16H21N3O2. The van der Waals surface area contributed by atoms with Crippen LogP contribution in [-0.2, 0) is 6.61 Å². The van der Waals surface area contributed by atoms with Crippen molar-refractivity contribution in [1.82, 2.24) is 14.9 Å². The minimum atomic E-state index is -0.125. The number of carbonyl (C=O) groups is 1. The number of hydrogen-bond donors (Lipinski definition) is 2. The van der Waals surface area contributed by atoms with E-state index in [1.54, 1.807) is 6.07 Å². The summed E-state index contributed by atoms with van der Waals surface area (Å²) in [5.41, 5.74) is 2.23. The maximum Gasteiger partial charge on any atom is 0.253 e. The van der Waals surface area contributed by atoms with Crippen molar-refractivity contribution >= 4 is 16.9 Å². The predicted octanol–water partition coefficient (Wildman–Crippen LogP) is 2.46. The van der Waals surface area contributed by atoms with Crippen LogP contribution in [0.4, 0.5) is 0 Å². The molecule has 5 heteroatoms. The van der Waals surface area contributed by atoms with Gasteiger partial charge in [0, 0.05) is 18.7 Å². The number of hydrogen-bond acceptors (Lipinski definition) is 3. The Labute approximate surface area is 124 Å². The minimum absolute atomic E-state index is 0.0531. The molecule has 0 saturated heterocycles. The molecule has 1 aliphatic carbocycles. The number of aliphatic hydroxyl groups excluding tert-OH is 1. The highest BCUT2D eigenvalue weighted by Crippen LogP contribution is 2.23. The van der Waals surface area contributed by atoms with Gasteiger partial charge in [0.2, 0.25) is 0 Å². The Morgan fingerprint density at radius 3 is 2.86 bits per heavy atom. The normalized spacial score (nSPS) is 16.3. The zero-order valence-corrected chi connectivity index (χ0v) is 12.3. The minimum Gasteiger partial charge on any atom is -0.388 e. The first kappa shape index (κ1) is 14.1. The first-order valence-electron chi connectivity index (χ1n) is 7.55. The third kappa shape index (κ3) is 2.78. The Hall–Kier alpha value is -1.88. The van der Waals surface area contributed by atoms with Gasteiger partial charge in [-0.1, -0.05) is 19.3 Å². The fraction of sp³-hybridized carbons (Fsp3) is 0.500. The molecule has 1 heterocycles. The van der Waals surface area contributed by atoms with E-state index in [1.807, 2.05) is 24.1 Å². The molecule has 2 aromatic rings. The maximum atomic E-state index is 12.6. The number of amides is 1. The zero-order valence-electron chi connectivity index (χ0n) is 12.3. The molecule has 0 radical (unpaired) electrons. The highest BCUT2D eigenvalue weighted by Gasteiger charge is 2.23. The number of carbonyl (C=O) groups excluding carboxylic acids is 1. The van der Waals surface area contributed by atoms with Crippen molar-refractivity contribution in [3.05, 3.63) is 29.6 Å². The molecule has 1 saturated carbocycles. The quantitative estimate of drug-likeness (QED) is 0.911. The van der Waals surface area contributed by atoms with E-state index in [0.29, 0.717) is 17.4 Å². The molecule has 0 bridgehead atoms. The fourth-order valence-electron chi connectivity index (χ4n) is 3.10. The average Bonchev–Trinajstić information content (AvgIpc) is 2.96. The number of nitrogens with zero attached hydrogens (tertiary/aromatic N) is 2. The molecular weight excluding hydrogens is 266 g/mol. The molecule has 2 N–H and O–H groups in total. The predicted molar refractivity (Wildman–Crippen MR) is 81.0 cm³/mol. The van der Waals surface area contributed by atoms with Gasteiger partial charge in [0.15, 0.2) is 0 Å². The lowest BCUT2D eigenvalue weighted by molar-refractivity contribution is 0.0696. The summed E-state index contributed by atoms with van der Waals surface area (Å²) in [5, 5.41) is 9.11. The highest BCUT2D eigenvalue weighted by molar-refractivity contribution is 5.97. The van der Waals surface area contributed by atoms with Crippen molar-refractivity contribution in [2.75, 3.05) is 7.05 Å². The Balaban J connectivity index is 1.82. The van der Waals surface area contributed by atoms with E-state index in [9.17, 15) is 4.79 Å². The van der Waals surface area contributed by atoms with Gasteiger partial charge in [-0.05, 0) is 31.0 Å². The van der Waals surface area contributed by atoms with Crippen LogP contribution < -0.4 is 0 Å². The Bertz CT molecular complexity index is 644. The second kappa shape index (κ2) is 5.85. The van der Waals surface area contributed by atoms with Gasteiger partial charge in [-0.25, -0.2) is 4.98 Å². The Kier molecular flexibility index (Phi) is 3.92. The molecule has 1 aromatic heterocycles. The summed E-state index contributed by atoms with van der Waals surface area (Å²) in [4.78, 5) is 21.8. The second-order valence-corrected chi connectivity index (χ2v) is 5.78. The van der Waals surface area contributed by atoms with Crippen molar-refractivity contribution in [2.45, 2.75) is 44.8 Å². The van der Waals surface area contributed by atoms with Gasteiger partial charge in [-0.2, -0.15) is 0 Å². The summed E-state index contributed by atoms with van der Waals surface area (Å²) in [7, 11) is 1.90. The van der Waals surface area contributed by atoms with Gasteiger partial charge in [0.25, 0.3) is 5.91 Å². The molecule has 0 spiro atoms. The molecule has 5 nitrogen and oxygen atoms in total. The van der Waals surface area contributed by atoms with E-state index in [1.165, 1.54) is 19.3 Å². The van der Waals surface area contributed by atoms with E-state index >= 15 is 0 Å². The van der Waals surface area contributed by atoms with Gasteiger partial charge >= 0.3 is 0 Å². The molecule has 1 aromatic carbocycles. The first-order chi connectivity index (χ1) is 10.2. The van der Waals surface area contributed by atoms with Crippen molar-refractivity contribution < 1.29 is 9.90 Å². The van der Waals surface area contributed by atoms with Crippen LogP contribution in [-0.4, -0.2) is 39.0 Å². The van der Waals surface area contributed by atoms with Crippen molar-refractivity contribution in [3.63, 3.8) is 0 Å². The summed E-state index contributed by atoms with van der Waals surface area (Å²) in [6.45, 7) is -0.125. The molecule has 1 amide bonds. The number of aliphatic hydroxyl groups is 1. The van der Waals surface area contributed by atoms with E-state index in [0.717, 1.165) is 23.9 Å². The molecule has 112 valence electrons. The summed E-state index contributed by atoms with van der Waals surface area (Å²) in [6, 6.07) is 5.83. The summed E-state index contributed by atoms with van der Waals surface area (Å²) >= 11 is 0. The van der Waals surface area contributed by atoms with E-state index in [4.69, 9.17) is 5.11 Å². The molecule has 0 aliphatic heterocycles. The molecule has 1 aliphatic rings. The Morgan fingerprint density at radius 2 is 2.14 bits per heavy atom. The summed E-state index contributed by atoms with van der Waals surface area (Å²) in [6.07, 6.45) is 5.89. The largest absolute Gasteiger partial charge is 0.388 e. The van der Waals surface area contributed by atoms with Crippen LogP contribution >= 0.6 is 0 Å². The second-order valence-electron chi connectivity index (χ2n) is 5.78. The zero-order chi connectivity index (χ0) is 14.8.